The maximum atomic E-state index is 12.7. The van der Waals surface area contributed by atoms with Gasteiger partial charge >= 0.3 is 5.97 Å². The van der Waals surface area contributed by atoms with Gasteiger partial charge in [0.1, 0.15) is 5.75 Å². The van der Waals surface area contributed by atoms with Gasteiger partial charge < -0.3 is 19.5 Å². The number of ether oxygens (including phenoxy) is 3. The van der Waals surface area contributed by atoms with Crippen molar-refractivity contribution in [2.24, 2.45) is 5.10 Å². The highest BCUT2D eigenvalue weighted by molar-refractivity contribution is 9.10. The van der Waals surface area contributed by atoms with Crippen LogP contribution in [0.4, 0.5) is 5.69 Å². The first-order valence-corrected chi connectivity index (χ1v) is 12.5. The van der Waals surface area contributed by atoms with E-state index in [0.29, 0.717) is 33.9 Å². The molecule has 4 aromatic rings. The topological polar surface area (TPSA) is 115 Å². The molecule has 0 spiro atoms. The fourth-order valence-corrected chi connectivity index (χ4v) is 3.89. The average molecular weight is 586 g/mol. The zero-order valence-electron chi connectivity index (χ0n) is 20.2. The number of carbonyl (C=O) groups excluding carboxylic acids is 3. The lowest BCUT2D eigenvalue weighted by molar-refractivity contribution is 0.0734. The van der Waals surface area contributed by atoms with E-state index in [1.54, 1.807) is 84.9 Å². The maximum Gasteiger partial charge on any atom is 0.343 e. The van der Waals surface area contributed by atoms with Crippen molar-refractivity contribution in [1.82, 2.24) is 5.43 Å². The Morgan fingerprint density at radius 3 is 2.38 bits per heavy atom. The van der Waals surface area contributed by atoms with E-state index in [0.717, 1.165) is 4.47 Å². The van der Waals surface area contributed by atoms with Crippen molar-refractivity contribution in [3.63, 3.8) is 0 Å². The molecule has 1 aliphatic rings. The Labute approximate surface area is 231 Å². The fraction of sp³-hybridized carbons (Fsp3) is 0.0345. The number of hydrazone groups is 1. The molecule has 1 aliphatic heterocycles. The number of esters is 1. The predicted octanol–water partition coefficient (Wildman–Crippen LogP) is 5.41. The molecule has 4 aromatic carbocycles. The van der Waals surface area contributed by atoms with E-state index in [4.69, 9.17) is 14.2 Å². The summed E-state index contributed by atoms with van der Waals surface area (Å²) in [6.07, 6.45) is 1.38. The van der Waals surface area contributed by atoms with E-state index in [9.17, 15) is 14.4 Å². The number of hydrogen-bond donors (Lipinski definition) is 2. The molecule has 0 fully saturated rings. The van der Waals surface area contributed by atoms with Crippen LogP contribution in [0.3, 0.4) is 0 Å². The third-order valence-electron chi connectivity index (χ3n) is 5.59. The molecule has 39 heavy (non-hydrogen) atoms. The summed E-state index contributed by atoms with van der Waals surface area (Å²) in [6, 6.07) is 24.9. The van der Waals surface area contributed by atoms with Gasteiger partial charge in [0, 0.05) is 26.9 Å². The van der Waals surface area contributed by atoms with Gasteiger partial charge in [0.05, 0.1) is 11.8 Å². The van der Waals surface area contributed by atoms with Crippen LogP contribution in [0.2, 0.25) is 0 Å². The Kier molecular flexibility index (Phi) is 7.65. The number of benzene rings is 4. The molecule has 0 aromatic heterocycles. The van der Waals surface area contributed by atoms with Crippen molar-refractivity contribution >= 4 is 45.6 Å². The summed E-state index contributed by atoms with van der Waals surface area (Å²) in [5.74, 6) is -0.00831. The van der Waals surface area contributed by atoms with Gasteiger partial charge in [-0.15, -0.1) is 0 Å². The van der Waals surface area contributed by atoms with Crippen LogP contribution in [0.5, 0.6) is 17.2 Å². The molecule has 5 rings (SSSR count). The zero-order chi connectivity index (χ0) is 27.2. The summed E-state index contributed by atoms with van der Waals surface area (Å²) in [7, 11) is 0. The van der Waals surface area contributed by atoms with Crippen molar-refractivity contribution in [2.75, 3.05) is 12.1 Å². The number of rotatable bonds is 7. The van der Waals surface area contributed by atoms with Crippen LogP contribution in [0, 0.1) is 0 Å². The van der Waals surface area contributed by atoms with Crippen LogP contribution >= 0.6 is 15.9 Å². The molecule has 0 saturated heterocycles. The average Bonchev–Trinajstić information content (AvgIpc) is 3.42. The number of hydrogen-bond acceptors (Lipinski definition) is 7. The van der Waals surface area contributed by atoms with Gasteiger partial charge in [-0.3, -0.25) is 9.59 Å². The summed E-state index contributed by atoms with van der Waals surface area (Å²) in [5.41, 5.74) is 4.43. The lowest BCUT2D eigenvalue weighted by atomic mass is 10.1. The molecule has 194 valence electrons. The van der Waals surface area contributed by atoms with Crippen molar-refractivity contribution in [2.45, 2.75) is 0 Å². The van der Waals surface area contributed by atoms with Crippen molar-refractivity contribution in [1.29, 1.82) is 0 Å². The molecule has 10 heteroatoms. The SMILES string of the molecule is O=C(NN=Cc1ccccc1OC(=O)c1ccc(Br)cc1)c1cccc(NC(=O)c2ccc3c(c2)OCO3)c1. The number of anilines is 1. The highest BCUT2D eigenvalue weighted by atomic mass is 79.9. The van der Waals surface area contributed by atoms with Crippen molar-refractivity contribution in [3.05, 3.63) is 118 Å². The fourth-order valence-electron chi connectivity index (χ4n) is 3.63. The zero-order valence-corrected chi connectivity index (χ0v) is 21.8. The molecule has 0 radical (unpaired) electrons. The second-order valence-corrected chi connectivity index (χ2v) is 9.15. The summed E-state index contributed by atoms with van der Waals surface area (Å²) in [5, 5.41) is 6.77. The van der Waals surface area contributed by atoms with E-state index >= 15 is 0 Å². The number of nitrogens with one attached hydrogen (secondary N) is 2. The second kappa shape index (κ2) is 11.6. The number of fused-ring (bicyclic) bond motifs is 1. The van der Waals surface area contributed by atoms with Crippen LogP contribution in [-0.2, 0) is 0 Å². The largest absolute Gasteiger partial charge is 0.454 e. The minimum atomic E-state index is -0.521. The van der Waals surface area contributed by atoms with E-state index in [2.05, 4.69) is 31.8 Å². The Morgan fingerprint density at radius 2 is 1.54 bits per heavy atom. The molecule has 0 bridgehead atoms. The van der Waals surface area contributed by atoms with Gasteiger partial charge in [-0.1, -0.05) is 34.1 Å². The molecular weight excluding hydrogens is 566 g/mol. The molecule has 9 nitrogen and oxygen atoms in total. The molecule has 2 amide bonds. The Bertz CT molecular complexity index is 1590. The smallest absolute Gasteiger partial charge is 0.343 e. The second-order valence-electron chi connectivity index (χ2n) is 8.24. The van der Waals surface area contributed by atoms with Crippen molar-refractivity contribution < 1.29 is 28.6 Å². The highest BCUT2D eigenvalue weighted by Crippen LogP contribution is 2.32. The third-order valence-corrected chi connectivity index (χ3v) is 6.12. The number of carbonyl (C=O) groups is 3. The summed E-state index contributed by atoms with van der Waals surface area (Å²) in [4.78, 5) is 37.9. The monoisotopic (exact) mass is 585 g/mol. The molecular formula is C29H20BrN3O6. The first kappa shape index (κ1) is 25.7. The predicted molar refractivity (Wildman–Crippen MR) is 148 cm³/mol. The third kappa shape index (κ3) is 6.31. The van der Waals surface area contributed by atoms with Gasteiger partial charge in [-0.05, 0) is 72.8 Å². The number of halogens is 1. The van der Waals surface area contributed by atoms with Crippen LogP contribution in [0.25, 0.3) is 0 Å². The molecule has 2 N–H and O–H groups in total. The normalized spacial score (nSPS) is 11.7. The van der Waals surface area contributed by atoms with E-state index in [1.165, 1.54) is 12.3 Å². The number of amides is 2. The minimum absolute atomic E-state index is 0.114. The van der Waals surface area contributed by atoms with Gasteiger partial charge in [0.25, 0.3) is 11.8 Å². The lowest BCUT2D eigenvalue weighted by Gasteiger charge is -2.08. The van der Waals surface area contributed by atoms with Gasteiger partial charge in [-0.25, -0.2) is 10.2 Å². The molecule has 0 unspecified atom stereocenters. The van der Waals surface area contributed by atoms with Crippen LogP contribution in [-0.4, -0.2) is 30.8 Å². The molecule has 0 atom stereocenters. The van der Waals surface area contributed by atoms with E-state index < -0.39 is 11.9 Å². The number of nitrogens with zero attached hydrogens (tertiary/aromatic N) is 1. The Balaban J connectivity index is 1.21. The standard InChI is InChI=1S/C29H20BrN3O6/c30-22-11-8-18(9-12-22)29(36)39-24-7-2-1-4-21(24)16-31-33-28(35)19-5-3-6-23(14-19)32-27(34)20-10-13-25-26(15-20)38-17-37-25/h1-16H,17H2,(H,32,34)(H,33,35). The van der Waals surface area contributed by atoms with E-state index in [1.807, 2.05) is 0 Å². The van der Waals surface area contributed by atoms with Crippen LogP contribution < -0.4 is 25.0 Å². The number of para-hydroxylation sites is 1. The Morgan fingerprint density at radius 1 is 0.795 bits per heavy atom. The first-order valence-electron chi connectivity index (χ1n) is 11.7. The minimum Gasteiger partial charge on any atom is -0.454 e. The van der Waals surface area contributed by atoms with Gasteiger partial charge in [-0.2, -0.15) is 5.10 Å². The molecule has 1 heterocycles. The van der Waals surface area contributed by atoms with Crippen LogP contribution in [0.15, 0.2) is 101 Å². The summed E-state index contributed by atoms with van der Waals surface area (Å²) < 4.78 is 16.9. The molecule has 0 saturated carbocycles. The van der Waals surface area contributed by atoms with Crippen LogP contribution in [0.1, 0.15) is 36.6 Å². The molecule has 0 aliphatic carbocycles. The Hall–Kier alpha value is -4.96. The van der Waals surface area contributed by atoms with Crippen molar-refractivity contribution in [3.8, 4) is 17.2 Å². The first-order chi connectivity index (χ1) is 19.0. The van der Waals surface area contributed by atoms with Gasteiger partial charge in [0.15, 0.2) is 11.5 Å². The maximum absolute atomic E-state index is 12.7. The highest BCUT2D eigenvalue weighted by Gasteiger charge is 2.17. The quantitative estimate of drug-likeness (QED) is 0.130. The van der Waals surface area contributed by atoms with Gasteiger partial charge in [0.2, 0.25) is 6.79 Å². The van der Waals surface area contributed by atoms with E-state index in [-0.39, 0.29) is 24.0 Å². The summed E-state index contributed by atoms with van der Waals surface area (Å²) >= 11 is 3.33. The summed E-state index contributed by atoms with van der Waals surface area (Å²) in [6.45, 7) is 0.114. The lowest BCUT2D eigenvalue weighted by Crippen LogP contribution is -2.18.